The van der Waals surface area contributed by atoms with E-state index in [-0.39, 0.29) is 17.1 Å². The van der Waals surface area contributed by atoms with Gasteiger partial charge in [-0.3, -0.25) is 4.98 Å². The van der Waals surface area contributed by atoms with Crippen LogP contribution >= 0.6 is 11.6 Å². The molecule has 0 amide bonds. The van der Waals surface area contributed by atoms with E-state index in [4.69, 9.17) is 16.3 Å². The number of alkyl halides is 3. The molecule has 0 fully saturated rings. The number of rotatable bonds is 7. The number of nitrogens with one attached hydrogen (secondary N) is 1. The summed E-state index contributed by atoms with van der Waals surface area (Å²) in [5.74, 6) is -0.0460. The van der Waals surface area contributed by atoms with Gasteiger partial charge in [0.25, 0.3) is 0 Å². The van der Waals surface area contributed by atoms with Crippen molar-refractivity contribution in [1.82, 2.24) is 14.7 Å². The molecule has 0 aliphatic rings. The van der Waals surface area contributed by atoms with Gasteiger partial charge in [0.15, 0.2) is 0 Å². The number of halogens is 4. The van der Waals surface area contributed by atoms with Crippen molar-refractivity contribution in [1.29, 1.82) is 0 Å². The molecular weight excluding hydrogens is 539 g/mol. The van der Waals surface area contributed by atoms with E-state index in [0.717, 1.165) is 11.6 Å². The van der Waals surface area contributed by atoms with E-state index in [9.17, 15) is 21.6 Å². The zero-order valence-electron chi connectivity index (χ0n) is 20.5. The van der Waals surface area contributed by atoms with Gasteiger partial charge >= 0.3 is 6.18 Å². The Morgan fingerprint density at radius 1 is 0.947 bits per heavy atom. The first-order valence-corrected chi connectivity index (χ1v) is 13.2. The summed E-state index contributed by atoms with van der Waals surface area (Å²) in [7, 11) is -4.78. The van der Waals surface area contributed by atoms with Crippen molar-refractivity contribution in [3.63, 3.8) is 0 Å². The Hall–Kier alpha value is -3.47. The van der Waals surface area contributed by atoms with Gasteiger partial charge in [-0.05, 0) is 55.7 Å². The van der Waals surface area contributed by atoms with E-state index < -0.39 is 27.1 Å². The molecule has 6 nitrogen and oxygen atoms in total. The van der Waals surface area contributed by atoms with Crippen LogP contribution in [0.25, 0.3) is 11.3 Å². The summed E-state index contributed by atoms with van der Waals surface area (Å²) in [5, 5.41) is 0.325. The molecule has 0 saturated carbocycles. The third-order valence-corrected chi connectivity index (χ3v) is 7.29. The number of sulfonamides is 1. The van der Waals surface area contributed by atoms with Gasteiger partial charge in [-0.1, -0.05) is 59.6 Å². The van der Waals surface area contributed by atoms with Crippen LogP contribution in [0.4, 0.5) is 13.2 Å². The quantitative estimate of drug-likeness (QED) is 0.260. The molecule has 0 radical (unpaired) electrons. The van der Waals surface area contributed by atoms with Crippen molar-refractivity contribution < 1.29 is 26.3 Å². The minimum atomic E-state index is -4.90. The number of aryl methyl sites for hydroxylation is 3. The first-order valence-electron chi connectivity index (χ1n) is 11.4. The van der Waals surface area contributed by atoms with Gasteiger partial charge in [0, 0.05) is 18.0 Å². The summed E-state index contributed by atoms with van der Waals surface area (Å²) in [4.78, 5) is 7.83. The number of ether oxygens (including phenoxy) is 1. The first-order chi connectivity index (χ1) is 17.8. The third kappa shape index (κ3) is 6.15. The molecule has 11 heteroatoms. The smallest absolute Gasteiger partial charge is 0.408 e. The number of pyridine rings is 2. The van der Waals surface area contributed by atoms with Crippen LogP contribution in [0.5, 0.6) is 11.6 Å². The van der Waals surface area contributed by atoms with Crippen LogP contribution in [0.1, 0.15) is 28.3 Å². The predicted octanol–water partition coefficient (Wildman–Crippen LogP) is 7.10. The second kappa shape index (κ2) is 10.7. The summed E-state index contributed by atoms with van der Waals surface area (Å²) >= 11 is 6.05. The predicted molar refractivity (Wildman–Crippen MR) is 139 cm³/mol. The van der Waals surface area contributed by atoms with Crippen LogP contribution in [-0.4, -0.2) is 24.6 Å². The Labute approximate surface area is 223 Å². The molecule has 4 rings (SSSR count). The Morgan fingerprint density at radius 2 is 1.61 bits per heavy atom. The van der Waals surface area contributed by atoms with E-state index in [1.54, 1.807) is 24.6 Å². The molecule has 0 bridgehead atoms. The van der Waals surface area contributed by atoms with Gasteiger partial charge in [-0.15, -0.1) is 0 Å². The van der Waals surface area contributed by atoms with E-state index in [0.29, 0.717) is 27.5 Å². The highest BCUT2D eigenvalue weighted by Crippen LogP contribution is 2.37. The van der Waals surface area contributed by atoms with Crippen molar-refractivity contribution in [2.75, 3.05) is 0 Å². The fourth-order valence-electron chi connectivity index (χ4n) is 4.03. The minimum absolute atomic E-state index is 0.258. The molecule has 2 aromatic heterocycles. The molecular formula is C27H23ClF3N3O3S. The highest BCUT2D eigenvalue weighted by atomic mass is 35.5. The maximum Gasteiger partial charge on any atom is 0.408 e. The average Bonchev–Trinajstić information content (AvgIpc) is 2.84. The van der Waals surface area contributed by atoms with Gasteiger partial charge in [-0.25, -0.2) is 13.4 Å². The molecule has 0 aliphatic heterocycles. The number of hydrogen-bond acceptors (Lipinski definition) is 5. The number of aromatic nitrogens is 2. The Morgan fingerprint density at radius 3 is 2.21 bits per heavy atom. The molecule has 0 saturated heterocycles. The highest BCUT2D eigenvalue weighted by molar-refractivity contribution is 7.89. The van der Waals surface area contributed by atoms with Gasteiger partial charge in [-0.2, -0.15) is 17.9 Å². The van der Waals surface area contributed by atoms with Crippen molar-refractivity contribution in [2.45, 2.75) is 37.9 Å². The summed E-state index contributed by atoms with van der Waals surface area (Å²) < 4.78 is 76.6. The zero-order chi connectivity index (χ0) is 27.7. The van der Waals surface area contributed by atoms with Crippen LogP contribution in [0.3, 0.4) is 0 Å². The van der Waals surface area contributed by atoms with Crippen molar-refractivity contribution in [2.24, 2.45) is 0 Å². The van der Waals surface area contributed by atoms with Gasteiger partial charge < -0.3 is 4.74 Å². The van der Waals surface area contributed by atoms with Crippen molar-refractivity contribution in [3.8, 4) is 22.9 Å². The zero-order valence-corrected chi connectivity index (χ0v) is 22.1. The minimum Gasteiger partial charge on any atom is -0.437 e. The Kier molecular flexibility index (Phi) is 7.78. The maximum atomic E-state index is 14.0. The lowest BCUT2D eigenvalue weighted by atomic mass is 10.1. The lowest BCUT2D eigenvalue weighted by molar-refractivity contribution is -0.153. The molecule has 1 atom stereocenters. The molecule has 2 heterocycles. The third-order valence-electron chi connectivity index (χ3n) is 5.65. The van der Waals surface area contributed by atoms with Crippen molar-refractivity contribution in [3.05, 3.63) is 100 Å². The molecule has 0 aliphatic carbocycles. The monoisotopic (exact) mass is 561 g/mol. The molecule has 198 valence electrons. The second-order valence-corrected chi connectivity index (χ2v) is 10.8. The molecule has 1 N–H and O–H groups in total. The van der Waals surface area contributed by atoms with Crippen LogP contribution in [0.2, 0.25) is 5.02 Å². The standard InChI is InChI=1S/C27H23ClF3N3O3S/c1-16-11-17(2)24(18(3)12-16)37-26-23(10-9-22(33-26)20-13-21(28)15-32-14-20)38(35,36)34-25(27(29,30)31)19-7-5-4-6-8-19/h4-15,25,34H,1-3H3/t25-/m1/s1. The number of nitrogens with zero attached hydrogens (tertiary/aromatic N) is 2. The normalized spacial score (nSPS) is 12.8. The topological polar surface area (TPSA) is 81.2 Å². The van der Waals surface area contributed by atoms with E-state index in [2.05, 4.69) is 9.97 Å². The van der Waals surface area contributed by atoms with Crippen LogP contribution in [0.15, 0.2) is 78.0 Å². The maximum absolute atomic E-state index is 14.0. The molecule has 0 spiro atoms. The Bertz CT molecular complexity index is 1560. The molecule has 4 aromatic rings. The fourth-order valence-corrected chi connectivity index (χ4v) is 5.48. The van der Waals surface area contributed by atoms with Crippen LogP contribution in [-0.2, 0) is 10.0 Å². The number of benzene rings is 2. The van der Waals surface area contributed by atoms with Gasteiger partial charge in [0.1, 0.15) is 16.7 Å². The van der Waals surface area contributed by atoms with Crippen LogP contribution < -0.4 is 9.46 Å². The summed E-state index contributed by atoms with van der Waals surface area (Å²) in [6.45, 7) is 5.46. The summed E-state index contributed by atoms with van der Waals surface area (Å²) in [5.41, 5.74) is 2.84. The van der Waals surface area contributed by atoms with Crippen LogP contribution in [0, 0.1) is 20.8 Å². The largest absolute Gasteiger partial charge is 0.437 e. The van der Waals surface area contributed by atoms with E-state index in [1.165, 1.54) is 48.8 Å². The van der Waals surface area contributed by atoms with E-state index >= 15 is 0 Å². The summed E-state index contributed by atoms with van der Waals surface area (Å²) in [6.07, 6.45) is -2.01. The molecule has 0 unspecified atom stereocenters. The van der Waals surface area contributed by atoms with E-state index in [1.807, 2.05) is 19.1 Å². The SMILES string of the molecule is Cc1cc(C)c(Oc2nc(-c3cncc(Cl)c3)ccc2S(=O)(=O)N[C@H](c2ccccc2)C(F)(F)F)c(C)c1. The van der Waals surface area contributed by atoms with Gasteiger partial charge in [0.2, 0.25) is 15.9 Å². The van der Waals surface area contributed by atoms with Crippen molar-refractivity contribution >= 4 is 21.6 Å². The lowest BCUT2D eigenvalue weighted by Gasteiger charge is -2.23. The average molecular weight is 562 g/mol. The van der Waals surface area contributed by atoms with Gasteiger partial charge in [0.05, 0.1) is 10.7 Å². The lowest BCUT2D eigenvalue weighted by Crippen LogP contribution is -2.38. The Balaban J connectivity index is 1.85. The highest BCUT2D eigenvalue weighted by Gasteiger charge is 2.44. The molecule has 2 aromatic carbocycles. The second-order valence-electron chi connectivity index (χ2n) is 8.73. The first kappa shape index (κ1) is 27.6. The summed E-state index contributed by atoms with van der Waals surface area (Å²) in [6, 6.07) is 12.0. The molecule has 38 heavy (non-hydrogen) atoms. The number of hydrogen-bond donors (Lipinski definition) is 1. The fraction of sp³-hybridized carbons (Fsp3) is 0.185.